The Bertz CT molecular complexity index is 608. The van der Waals surface area contributed by atoms with Crippen molar-refractivity contribution in [3.8, 4) is 5.75 Å². The van der Waals surface area contributed by atoms with Crippen LogP contribution >= 0.6 is 0 Å². The van der Waals surface area contributed by atoms with E-state index >= 15 is 0 Å². The summed E-state index contributed by atoms with van der Waals surface area (Å²) in [7, 11) is 1.67. The summed E-state index contributed by atoms with van der Waals surface area (Å²) in [6, 6.07) is 8.28. The Labute approximate surface area is 168 Å². The lowest BCUT2D eigenvalue weighted by Crippen LogP contribution is -2.45. The third kappa shape index (κ3) is 5.46. The van der Waals surface area contributed by atoms with E-state index in [0.717, 1.165) is 44.9 Å². The van der Waals surface area contributed by atoms with Gasteiger partial charge in [-0.25, -0.2) is 0 Å². The molecular weight excluding hydrogens is 354 g/mol. The van der Waals surface area contributed by atoms with Gasteiger partial charge in [-0.15, -0.1) is 0 Å². The molecular formula is C22H35N3O3. The van der Waals surface area contributed by atoms with Crippen molar-refractivity contribution in [2.45, 2.75) is 44.6 Å². The Balaban J connectivity index is 1.64. The lowest BCUT2D eigenvalue weighted by molar-refractivity contribution is -0.124. The Morgan fingerprint density at radius 3 is 2.50 bits per heavy atom. The van der Waals surface area contributed by atoms with Gasteiger partial charge in [0.2, 0.25) is 5.91 Å². The van der Waals surface area contributed by atoms with Crippen LogP contribution in [0.15, 0.2) is 24.3 Å². The summed E-state index contributed by atoms with van der Waals surface area (Å²) < 4.78 is 10.8. The molecule has 0 spiro atoms. The van der Waals surface area contributed by atoms with E-state index in [1.165, 1.54) is 24.8 Å². The molecule has 6 nitrogen and oxygen atoms in total. The second-order valence-corrected chi connectivity index (χ2v) is 8.18. The SMILES string of the molecule is COc1ccc(C(CNC(=O)CC2(CN)CCCCC2)N2CCOCC2)cc1. The summed E-state index contributed by atoms with van der Waals surface area (Å²) in [6.07, 6.45) is 6.33. The minimum atomic E-state index is -0.00307. The van der Waals surface area contributed by atoms with Gasteiger partial charge in [-0.05, 0) is 42.5 Å². The summed E-state index contributed by atoms with van der Waals surface area (Å²) in [5.74, 6) is 0.967. The summed E-state index contributed by atoms with van der Waals surface area (Å²) in [6.45, 7) is 4.42. The number of ether oxygens (including phenoxy) is 2. The minimum Gasteiger partial charge on any atom is -0.497 e. The lowest BCUT2D eigenvalue weighted by Gasteiger charge is -2.37. The van der Waals surface area contributed by atoms with E-state index in [4.69, 9.17) is 15.2 Å². The predicted octanol–water partition coefficient (Wildman–Crippen LogP) is 2.48. The number of benzene rings is 1. The van der Waals surface area contributed by atoms with Crippen molar-refractivity contribution >= 4 is 5.91 Å². The maximum atomic E-state index is 12.8. The minimum absolute atomic E-state index is 0.00307. The highest BCUT2D eigenvalue weighted by Gasteiger charge is 2.33. The number of carbonyl (C=O) groups is 1. The van der Waals surface area contributed by atoms with Gasteiger partial charge in [0.05, 0.1) is 26.4 Å². The number of rotatable bonds is 8. The van der Waals surface area contributed by atoms with Crippen molar-refractivity contribution in [1.29, 1.82) is 0 Å². The molecule has 6 heteroatoms. The van der Waals surface area contributed by atoms with Gasteiger partial charge in [0.15, 0.2) is 0 Å². The molecule has 1 saturated carbocycles. The van der Waals surface area contributed by atoms with E-state index in [1.54, 1.807) is 7.11 Å². The molecule has 1 aromatic carbocycles. The molecule has 1 unspecified atom stereocenters. The molecule has 0 bridgehead atoms. The summed E-state index contributed by atoms with van der Waals surface area (Å²) >= 11 is 0. The van der Waals surface area contributed by atoms with Gasteiger partial charge in [-0.1, -0.05) is 31.4 Å². The van der Waals surface area contributed by atoms with E-state index < -0.39 is 0 Å². The number of methoxy groups -OCH3 is 1. The van der Waals surface area contributed by atoms with Crippen LogP contribution in [0.25, 0.3) is 0 Å². The first-order chi connectivity index (χ1) is 13.7. The van der Waals surface area contributed by atoms with Gasteiger partial charge < -0.3 is 20.5 Å². The molecule has 3 rings (SSSR count). The number of nitrogens with one attached hydrogen (secondary N) is 1. The molecule has 0 aromatic heterocycles. The van der Waals surface area contributed by atoms with E-state index in [9.17, 15) is 4.79 Å². The summed E-state index contributed by atoms with van der Waals surface area (Å²) in [4.78, 5) is 15.2. The largest absolute Gasteiger partial charge is 0.497 e. The molecule has 2 aliphatic rings. The molecule has 28 heavy (non-hydrogen) atoms. The zero-order chi connectivity index (χ0) is 19.8. The summed E-state index contributed by atoms with van der Waals surface area (Å²) in [5.41, 5.74) is 7.25. The van der Waals surface area contributed by atoms with Gasteiger partial charge in [-0.3, -0.25) is 9.69 Å². The van der Waals surface area contributed by atoms with Crippen molar-refractivity contribution in [3.63, 3.8) is 0 Å². The first-order valence-corrected chi connectivity index (χ1v) is 10.6. The highest BCUT2D eigenvalue weighted by Crippen LogP contribution is 2.38. The fourth-order valence-corrected chi connectivity index (χ4v) is 4.54. The molecule has 2 fully saturated rings. The van der Waals surface area contributed by atoms with Crippen LogP contribution in [-0.4, -0.2) is 57.3 Å². The molecule has 1 heterocycles. The molecule has 1 aliphatic carbocycles. The average Bonchev–Trinajstić information content (AvgIpc) is 2.75. The number of nitrogens with two attached hydrogens (primary N) is 1. The standard InChI is InChI=1S/C22H35N3O3/c1-27-19-7-5-18(6-8-19)20(25-11-13-28-14-12-25)16-24-21(26)15-22(17-23)9-3-2-4-10-22/h5-8,20H,2-4,9-17,23H2,1H3,(H,24,26). The molecule has 156 valence electrons. The molecule has 1 aromatic rings. The molecule has 1 saturated heterocycles. The van der Waals surface area contributed by atoms with Gasteiger partial charge >= 0.3 is 0 Å². The van der Waals surface area contributed by atoms with E-state index in [0.29, 0.717) is 19.5 Å². The van der Waals surface area contributed by atoms with Crippen molar-refractivity contribution in [3.05, 3.63) is 29.8 Å². The normalized spacial score (nSPS) is 21.1. The number of nitrogens with zero attached hydrogens (tertiary/aromatic N) is 1. The maximum absolute atomic E-state index is 12.8. The van der Waals surface area contributed by atoms with Crippen LogP contribution < -0.4 is 15.8 Å². The molecule has 0 radical (unpaired) electrons. The highest BCUT2D eigenvalue weighted by molar-refractivity contribution is 5.76. The Morgan fingerprint density at radius 2 is 1.89 bits per heavy atom. The van der Waals surface area contributed by atoms with Crippen LogP contribution in [0.1, 0.15) is 50.1 Å². The van der Waals surface area contributed by atoms with Crippen LogP contribution in [-0.2, 0) is 9.53 Å². The maximum Gasteiger partial charge on any atom is 0.220 e. The van der Waals surface area contributed by atoms with Crippen LogP contribution in [0.2, 0.25) is 0 Å². The Morgan fingerprint density at radius 1 is 1.21 bits per heavy atom. The Kier molecular flexibility index (Phi) is 7.71. The zero-order valence-electron chi connectivity index (χ0n) is 17.1. The second kappa shape index (κ2) is 10.2. The molecule has 1 atom stereocenters. The van der Waals surface area contributed by atoms with E-state index in [-0.39, 0.29) is 17.4 Å². The number of carbonyl (C=O) groups excluding carboxylic acids is 1. The molecule has 1 aliphatic heterocycles. The van der Waals surface area contributed by atoms with Crippen molar-refractivity contribution in [2.24, 2.45) is 11.1 Å². The van der Waals surface area contributed by atoms with Gasteiger partial charge in [0.25, 0.3) is 0 Å². The second-order valence-electron chi connectivity index (χ2n) is 8.18. The van der Waals surface area contributed by atoms with E-state index in [2.05, 4.69) is 22.3 Å². The molecule has 3 N–H and O–H groups in total. The zero-order valence-corrected chi connectivity index (χ0v) is 17.1. The Hall–Kier alpha value is -1.63. The van der Waals surface area contributed by atoms with Crippen molar-refractivity contribution in [2.75, 3.05) is 46.5 Å². The van der Waals surface area contributed by atoms with Gasteiger partial charge in [0, 0.05) is 26.1 Å². The van der Waals surface area contributed by atoms with Gasteiger partial charge in [0.1, 0.15) is 5.75 Å². The third-order valence-electron chi connectivity index (χ3n) is 6.36. The van der Waals surface area contributed by atoms with Crippen LogP contribution in [0.5, 0.6) is 5.75 Å². The number of amides is 1. The topological polar surface area (TPSA) is 76.8 Å². The van der Waals surface area contributed by atoms with Crippen LogP contribution in [0.3, 0.4) is 0 Å². The predicted molar refractivity (Wildman–Crippen MR) is 110 cm³/mol. The van der Waals surface area contributed by atoms with Gasteiger partial charge in [-0.2, -0.15) is 0 Å². The first-order valence-electron chi connectivity index (χ1n) is 10.6. The molecule has 1 amide bonds. The quantitative estimate of drug-likeness (QED) is 0.714. The number of morpholine rings is 1. The third-order valence-corrected chi connectivity index (χ3v) is 6.36. The summed E-state index contributed by atoms with van der Waals surface area (Å²) in [5, 5.41) is 3.21. The number of hydrogen-bond donors (Lipinski definition) is 2. The lowest BCUT2D eigenvalue weighted by atomic mass is 9.71. The fraction of sp³-hybridized carbons (Fsp3) is 0.682. The van der Waals surface area contributed by atoms with Crippen molar-refractivity contribution in [1.82, 2.24) is 10.2 Å². The fourth-order valence-electron chi connectivity index (χ4n) is 4.54. The van der Waals surface area contributed by atoms with Crippen LogP contribution in [0.4, 0.5) is 0 Å². The highest BCUT2D eigenvalue weighted by atomic mass is 16.5. The monoisotopic (exact) mass is 389 g/mol. The average molecular weight is 390 g/mol. The number of hydrogen-bond acceptors (Lipinski definition) is 5. The first kappa shape index (κ1) is 21.1. The van der Waals surface area contributed by atoms with E-state index in [1.807, 2.05) is 12.1 Å². The van der Waals surface area contributed by atoms with Crippen molar-refractivity contribution < 1.29 is 14.3 Å². The van der Waals surface area contributed by atoms with Crippen LogP contribution in [0, 0.1) is 5.41 Å². The smallest absolute Gasteiger partial charge is 0.220 e.